The van der Waals surface area contributed by atoms with Gasteiger partial charge in [0, 0.05) is 6.07 Å². The molecule has 0 spiro atoms. The molecule has 0 saturated heterocycles. The van der Waals surface area contributed by atoms with Crippen LogP contribution in [0.2, 0.25) is 0 Å². The van der Waals surface area contributed by atoms with Crippen LogP contribution in [0.3, 0.4) is 0 Å². The van der Waals surface area contributed by atoms with E-state index in [2.05, 4.69) is 4.72 Å². The third kappa shape index (κ3) is 3.23. The summed E-state index contributed by atoms with van der Waals surface area (Å²) in [6.07, 6.45) is 2.91. The summed E-state index contributed by atoms with van der Waals surface area (Å²) in [5.74, 6) is 0.993. The number of hydrogen-bond donors (Lipinski definition) is 1. The zero-order valence-corrected chi connectivity index (χ0v) is 14.4. The summed E-state index contributed by atoms with van der Waals surface area (Å²) in [7, 11) is -0.637. The van der Waals surface area contributed by atoms with Gasteiger partial charge in [-0.15, -0.1) is 0 Å². The van der Waals surface area contributed by atoms with Crippen LogP contribution in [-0.4, -0.2) is 22.6 Å². The molecule has 6 heteroatoms. The van der Waals surface area contributed by atoms with Gasteiger partial charge >= 0.3 is 0 Å². The van der Waals surface area contributed by atoms with Gasteiger partial charge in [0.05, 0.1) is 24.8 Å². The molecule has 24 heavy (non-hydrogen) atoms. The quantitative estimate of drug-likeness (QED) is 0.902. The standard InChI is InChI=1S/C18H19NO4S/c1-22-15-8-10-18(23-2)17(12-15)19-24(20,21)16-9-7-13-5-3-4-6-14(13)11-16/h3-6,8,10-12,19H,7,9H2,1-2H3. The monoisotopic (exact) mass is 345 g/mol. The highest BCUT2D eigenvalue weighted by molar-refractivity contribution is 7.96. The van der Waals surface area contributed by atoms with Crippen molar-refractivity contribution in [2.75, 3.05) is 18.9 Å². The van der Waals surface area contributed by atoms with Gasteiger partial charge in [-0.3, -0.25) is 4.72 Å². The Hall–Kier alpha value is -2.47. The van der Waals surface area contributed by atoms with Crippen LogP contribution in [0.4, 0.5) is 5.69 Å². The Kier molecular flexibility index (Phi) is 4.49. The molecule has 0 radical (unpaired) electrons. The fourth-order valence-electron chi connectivity index (χ4n) is 2.72. The number of anilines is 1. The van der Waals surface area contributed by atoms with Gasteiger partial charge in [0.25, 0.3) is 10.0 Å². The molecular weight excluding hydrogens is 326 g/mol. The highest BCUT2D eigenvalue weighted by Crippen LogP contribution is 2.33. The summed E-state index contributed by atoms with van der Waals surface area (Å²) in [6, 6.07) is 12.8. The lowest BCUT2D eigenvalue weighted by molar-refractivity contribution is 0.405. The molecule has 0 atom stereocenters. The summed E-state index contributed by atoms with van der Waals surface area (Å²) >= 11 is 0. The van der Waals surface area contributed by atoms with Crippen molar-refractivity contribution in [3.63, 3.8) is 0 Å². The van der Waals surface area contributed by atoms with Gasteiger partial charge in [-0.1, -0.05) is 24.3 Å². The maximum Gasteiger partial charge on any atom is 0.258 e. The largest absolute Gasteiger partial charge is 0.497 e. The van der Waals surface area contributed by atoms with Crippen molar-refractivity contribution in [1.29, 1.82) is 0 Å². The molecule has 0 saturated carbocycles. The Morgan fingerprint density at radius 2 is 1.79 bits per heavy atom. The van der Waals surface area contributed by atoms with Gasteiger partial charge in [0.2, 0.25) is 0 Å². The molecule has 5 nitrogen and oxygen atoms in total. The third-order valence-corrected chi connectivity index (χ3v) is 5.51. The van der Waals surface area contributed by atoms with E-state index in [1.807, 2.05) is 24.3 Å². The minimum Gasteiger partial charge on any atom is -0.497 e. The zero-order valence-electron chi connectivity index (χ0n) is 13.6. The van der Waals surface area contributed by atoms with Crippen molar-refractivity contribution < 1.29 is 17.9 Å². The van der Waals surface area contributed by atoms with E-state index in [9.17, 15) is 8.42 Å². The first-order valence-electron chi connectivity index (χ1n) is 7.57. The van der Waals surface area contributed by atoms with E-state index in [4.69, 9.17) is 9.47 Å². The Morgan fingerprint density at radius 1 is 1.00 bits per heavy atom. The summed E-state index contributed by atoms with van der Waals surface area (Å²) in [4.78, 5) is 0.367. The maximum atomic E-state index is 12.8. The fraction of sp³-hybridized carbons (Fsp3) is 0.222. The second kappa shape index (κ2) is 6.57. The average Bonchev–Trinajstić information content (AvgIpc) is 2.60. The zero-order chi connectivity index (χ0) is 17.2. The van der Waals surface area contributed by atoms with Gasteiger partial charge in [-0.05, 0) is 42.2 Å². The fourth-order valence-corrected chi connectivity index (χ4v) is 3.96. The van der Waals surface area contributed by atoms with Gasteiger partial charge in [0.1, 0.15) is 11.5 Å². The van der Waals surface area contributed by atoms with Crippen LogP contribution < -0.4 is 14.2 Å². The Morgan fingerprint density at radius 3 is 2.54 bits per heavy atom. The molecule has 1 N–H and O–H groups in total. The lowest BCUT2D eigenvalue weighted by Gasteiger charge is -2.18. The SMILES string of the molecule is COc1ccc(OC)c(NS(=O)(=O)C2=Cc3ccccc3CC2)c1. The van der Waals surface area contributed by atoms with Crippen molar-refractivity contribution >= 4 is 21.8 Å². The number of rotatable bonds is 5. The lowest BCUT2D eigenvalue weighted by Crippen LogP contribution is -2.18. The van der Waals surface area contributed by atoms with E-state index in [0.717, 1.165) is 11.1 Å². The third-order valence-electron chi connectivity index (χ3n) is 4.01. The summed E-state index contributed by atoms with van der Waals surface area (Å²) in [6.45, 7) is 0. The number of fused-ring (bicyclic) bond motifs is 1. The number of benzene rings is 2. The summed E-state index contributed by atoms with van der Waals surface area (Å²) in [5.41, 5.74) is 2.47. The summed E-state index contributed by atoms with van der Waals surface area (Å²) < 4.78 is 38.5. The molecule has 1 aliphatic carbocycles. The van der Waals surface area contributed by atoms with E-state index in [0.29, 0.717) is 34.9 Å². The number of aryl methyl sites for hydroxylation is 1. The maximum absolute atomic E-state index is 12.8. The molecule has 0 bridgehead atoms. The number of nitrogens with one attached hydrogen (secondary N) is 1. The van der Waals surface area contributed by atoms with Crippen LogP contribution in [0.15, 0.2) is 47.4 Å². The van der Waals surface area contributed by atoms with Crippen LogP contribution in [0.25, 0.3) is 6.08 Å². The van der Waals surface area contributed by atoms with Crippen molar-refractivity contribution in [1.82, 2.24) is 0 Å². The van der Waals surface area contributed by atoms with Crippen molar-refractivity contribution in [2.45, 2.75) is 12.8 Å². The van der Waals surface area contributed by atoms with Crippen molar-refractivity contribution in [3.05, 3.63) is 58.5 Å². The van der Waals surface area contributed by atoms with E-state index in [1.165, 1.54) is 14.2 Å². The van der Waals surface area contributed by atoms with Crippen LogP contribution in [-0.2, 0) is 16.4 Å². The number of methoxy groups -OCH3 is 2. The second-order valence-electron chi connectivity index (χ2n) is 5.48. The first kappa shape index (κ1) is 16.4. The summed E-state index contributed by atoms with van der Waals surface area (Å²) in [5, 5.41) is 0. The Labute approximate surface area is 142 Å². The van der Waals surface area contributed by atoms with E-state index in [-0.39, 0.29) is 0 Å². The van der Waals surface area contributed by atoms with E-state index >= 15 is 0 Å². The minimum atomic E-state index is -3.66. The molecule has 2 aromatic carbocycles. The lowest BCUT2D eigenvalue weighted by atomic mass is 9.98. The predicted molar refractivity (Wildman–Crippen MR) is 94.8 cm³/mol. The van der Waals surface area contributed by atoms with Gasteiger partial charge in [-0.2, -0.15) is 0 Å². The van der Waals surface area contributed by atoms with Crippen LogP contribution in [0.1, 0.15) is 17.5 Å². The molecule has 2 aromatic rings. The molecule has 0 fully saturated rings. The highest BCUT2D eigenvalue weighted by Gasteiger charge is 2.23. The number of ether oxygens (including phenoxy) is 2. The normalized spacial score (nSPS) is 13.7. The average molecular weight is 345 g/mol. The first-order valence-corrected chi connectivity index (χ1v) is 9.05. The highest BCUT2D eigenvalue weighted by atomic mass is 32.2. The molecule has 0 aliphatic heterocycles. The molecule has 126 valence electrons. The number of hydrogen-bond acceptors (Lipinski definition) is 4. The van der Waals surface area contributed by atoms with Crippen molar-refractivity contribution in [2.24, 2.45) is 0 Å². The van der Waals surface area contributed by atoms with E-state index in [1.54, 1.807) is 24.3 Å². The second-order valence-corrected chi connectivity index (χ2v) is 7.22. The number of sulfonamides is 1. The van der Waals surface area contributed by atoms with Crippen molar-refractivity contribution in [3.8, 4) is 11.5 Å². The molecule has 1 aliphatic rings. The number of allylic oxidation sites excluding steroid dienone is 1. The van der Waals surface area contributed by atoms with E-state index < -0.39 is 10.0 Å². The molecule has 0 heterocycles. The minimum absolute atomic E-state index is 0.358. The van der Waals surface area contributed by atoms with Crippen LogP contribution >= 0.6 is 0 Å². The first-order chi connectivity index (χ1) is 11.5. The molecule has 0 amide bonds. The van der Waals surface area contributed by atoms with Crippen LogP contribution in [0.5, 0.6) is 11.5 Å². The predicted octanol–water partition coefficient (Wildman–Crippen LogP) is 3.43. The van der Waals surface area contributed by atoms with Gasteiger partial charge in [0.15, 0.2) is 0 Å². The Bertz CT molecular complexity index is 888. The Balaban J connectivity index is 1.94. The smallest absolute Gasteiger partial charge is 0.258 e. The molecular formula is C18H19NO4S. The van der Waals surface area contributed by atoms with Crippen LogP contribution in [0, 0.1) is 0 Å². The van der Waals surface area contributed by atoms with Gasteiger partial charge in [-0.25, -0.2) is 8.42 Å². The topological polar surface area (TPSA) is 64.6 Å². The molecule has 0 unspecified atom stereocenters. The molecule has 3 rings (SSSR count). The van der Waals surface area contributed by atoms with Gasteiger partial charge < -0.3 is 9.47 Å². The molecule has 0 aromatic heterocycles.